The lowest BCUT2D eigenvalue weighted by atomic mass is 10.0. The van der Waals surface area contributed by atoms with E-state index < -0.39 is 12.0 Å². The average molecular weight is 408 g/mol. The Morgan fingerprint density at radius 3 is 2.30 bits per heavy atom. The van der Waals surface area contributed by atoms with Gasteiger partial charge in [-0.2, -0.15) is 0 Å². The van der Waals surface area contributed by atoms with E-state index >= 15 is 0 Å². The number of anilines is 1. The number of hydrogen-bond donors (Lipinski definition) is 2. The number of aromatic nitrogens is 1. The van der Waals surface area contributed by atoms with E-state index in [0.29, 0.717) is 22.9 Å². The molecule has 0 unspecified atom stereocenters. The van der Waals surface area contributed by atoms with E-state index in [1.54, 1.807) is 18.3 Å². The molecule has 7 heteroatoms. The van der Waals surface area contributed by atoms with Crippen LogP contribution in [0.1, 0.15) is 5.56 Å². The second-order valence-electron chi connectivity index (χ2n) is 6.57. The molecule has 3 aromatic rings. The van der Waals surface area contributed by atoms with Gasteiger partial charge in [-0.25, -0.2) is 4.79 Å². The summed E-state index contributed by atoms with van der Waals surface area (Å²) >= 11 is 0. The van der Waals surface area contributed by atoms with Crippen LogP contribution in [-0.4, -0.2) is 43.4 Å². The van der Waals surface area contributed by atoms with Crippen LogP contribution in [0.15, 0.2) is 60.8 Å². The number of ether oxygens (including phenoxy) is 3. The molecule has 0 saturated heterocycles. The molecule has 7 nitrogen and oxygen atoms in total. The second kappa shape index (κ2) is 9.65. The number of rotatable bonds is 9. The molecule has 156 valence electrons. The maximum Gasteiger partial charge on any atom is 0.326 e. The SMILES string of the molecule is COc1cc(C[C@H](Nc2cccc(-c3ccccn3)c2)C(=O)O)cc(OC)c1OC. The number of carboxylic acids is 1. The third kappa shape index (κ3) is 4.81. The molecule has 2 N–H and O–H groups in total. The Balaban J connectivity index is 1.85. The summed E-state index contributed by atoms with van der Waals surface area (Å²) in [6.45, 7) is 0. The topological polar surface area (TPSA) is 89.9 Å². The van der Waals surface area contributed by atoms with Crippen molar-refractivity contribution in [3.63, 3.8) is 0 Å². The summed E-state index contributed by atoms with van der Waals surface area (Å²) in [7, 11) is 4.57. The normalized spacial score (nSPS) is 11.4. The predicted molar refractivity (Wildman–Crippen MR) is 115 cm³/mol. The Labute approximate surface area is 175 Å². The molecule has 0 aliphatic rings. The van der Waals surface area contributed by atoms with Crippen molar-refractivity contribution in [1.82, 2.24) is 4.98 Å². The van der Waals surface area contributed by atoms with E-state index in [4.69, 9.17) is 14.2 Å². The van der Waals surface area contributed by atoms with Crippen molar-refractivity contribution in [1.29, 1.82) is 0 Å². The lowest BCUT2D eigenvalue weighted by Crippen LogP contribution is -2.31. The summed E-state index contributed by atoms with van der Waals surface area (Å²) in [4.78, 5) is 16.3. The molecule has 0 radical (unpaired) electrons. The highest BCUT2D eigenvalue weighted by Gasteiger charge is 2.21. The Morgan fingerprint density at radius 2 is 1.73 bits per heavy atom. The van der Waals surface area contributed by atoms with E-state index in [9.17, 15) is 9.90 Å². The lowest BCUT2D eigenvalue weighted by Gasteiger charge is -2.19. The smallest absolute Gasteiger partial charge is 0.326 e. The zero-order valence-corrected chi connectivity index (χ0v) is 17.1. The summed E-state index contributed by atoms with van der Waals surface area (Å²) < 4.78 is 16.1. The highest BCUT2D eigenvalue weighted by Crippen LogP contribution is 2.38. The largest absolute Gasteiger partial charge is 0.493 e. The number of hydrogen-bond acceptors (Lipinski definition) is 6. The van der Waals surface area contributed by atoms with Crippen LogP contribution in [0, 0.1) is 0 Å². The molecule has 0 amide bonds. The van der Waals surface area contributed by atoms with Crippen molar-refractivity contribution < 1.29 is 24.1 Å². The summed E-state index contributed by atoms with van der Waals surface area (Å²) in [5.41, 5.74) is 3.15. The summed E-state index contributed by atoms with van der Waals surface area (Å²) in [5, 5.41) is 12.9. The van der Waals surface area contributed by atoms with Crippen LogP contribution < -0.4 is 19.5 Å². The monoisotopic (exact) mass is 408 g/mol. The Kier molecular flexibility index (Phi) is 6.75. The van der Waals surface area contributed by atoms with Gasteiger partial charge in [0.2, 0.25) is 5.75 Å². The number of pyridine rings is 1. The maximum atomic E-state index is 11.9. The molecule has 2 aromatic carbocycles. The zero-order valence-electron chi connectivity index (χ0n) is 17.1. The minimum Gasteiger partial charge on any atom is -0.493 e. The van der Waals surface area contributed by atoms with Crippen LogP contribution in [0.25, 0.3) is 11.3 Å². The molecule has 0 spiro atoms. The molecule has 0 aliphatic carbocycles. The fourth-order valence-corrected chi connectivity index (χ4v) is 3.19. The van der Waals surface area contributed by atoms with Gasteiger partial charge >= 0.3 is 5.97 Å². The third-order valence-corrected chi connectivity index (χ3v) is 4.63. The second-order valence-corrected chi connectivity index (χ2v) is 6.57. The van der Waals surface area contributed by atoms with Crippen LogP contribution in [0.4, 0.5) is 5.69 Å². The first-order valence-corrected chi connectivity index (χ1v) is 9.35. The van der Waals surface area contributed by atoms with Gasteiger partial charge in [-0.05, 0) is 42.0 Å². The number of benzene rings is 2. The summed E-state index contributed by atoms with van der Waals surface area (Å²) in [6.07, 6.45) is 1.94. The molecule has 0 bridgehead atoms. The first-order chi connectivity index (χ1) is 14.5. The van der Waals surface area contributed by atoms with Crippen molar-refractivity contribution in [2.24, 2.45) is 0 Å². The van der Waals surface area contributed by atoms with Gasteiger partial charge in [-0.3, -0.25) is 4.98 Å². The third-order valence-electron chi connectivity index (χ3n) is 4.63. The van der Waals surface area contributed by atoms with Crippen molar-refractivity contribution >= 4 is 11.7 Å². The highest BCUT2D eigenvalue weighted by molar-refractivity contribution is 5.78. The van der Waals surface area contributed by atoms with Crippen molar-refractivity contribution in [2.75, 3.05) is 26.6 Å². The summed E-state index contributed by atoms with van der Waals surface area (Å²) in [6, 6.07) is 15.8. The Morgan fingerprint density at radius 1 is 1.00 bits per heavy atom. The van der Waals surface area contributed by atoms with E-state index in [1.807, 2.05) is 42.5 Å². The fraction of sp³-hybridized carbons (Fsp3) is 0.217. The molecule has 1 atom stereocenters. The standard InChI is InChI=1S/C23H24N2O5/c1-28-20-12-15(13-21(29-2)22(20)30-3)11-19(23(26)27)25-17-8-6-7-16(14-17)18-9-4-5-10-24-18/h4-10,12-14,19,25H,11H2,1-3H3,(H,26,27)/t19-/m0/s1. The van der Waals surface area contributed by atoms with Gasteiger partial charge in [-0.1, -0.05) is 18.2 Å². The van der Waals surface area contributed by atoms with Gasteiger partial charge in [0.15, 0.2) is 11.5 Å². The molecule has 30 heavy (non-hydrogen) atoms. The minimum absolute atomic E-state index is 0.222. The lowest BCUT2D eigenvalue weighted by molar-refractivity contribution is -0.137. The Hall–Kier alpha value is -3.74. The summed E-state index contributed by atoms with van der Waals surface area (Å²) in [5.74, 6) is 0.458. The number of carbonyl (C=O) groups is 1. The number of nitrogens with one attached hydrogen (secondary N) is 1. The van der Waals surface area contributed by atoms with Crippen LogP contribution >= 0.6 is 0 Å². The average Bonchev–Trinajstić information content (AvgIpc) is 2.78. The van der Waals surface area contributed by atoms with Crippen molar-refractivity contribution in [2.45, 2.75) is 12.5 Å². The van der Waals surface area contributed by atoms with Crippen molar-refractivity contribution in [3.8, 4) is 28.5 Å². The molecular formula is C23H24N2O5. The minimum atomic E-state index is -0.966. The molecule has 0 aliphatic heterocycles. The molecule has 0 saturated carbocycles. The number of carboxylic acid groups (broad SMARTS) is 1. The Bertz CT molecular complexity index is 982. The number of methoxy groups -OCH3 is 3. The van der Waals surface area contributed by atoms with Gasteiger partial charge in [0.1, 0.15) is 6.04 Å². The first kappa shape index (κ1) is 21.0. The van der Waals surface area contributed by atoms with Gasteiger partial charge in [0.05, 0.1) is 27.0 Å². The van der Waals surface area contributed by atoms with Gasteiger partial charge in [0.25, 0.3) is 0 Å². The highest BCUT2D eigenvalue weighted by atomic mass is 16.5. The molecule has 0 fully saturated rings. The van der Waals surface area contributed by atoms with E-state index in [1.165, 1.54) is 21.3 Å². The van der Waals surface area contributed by atoms with E-state index in [2.05, 4.69) is 10.3 Å². The van der Waals surface area contributed by atoms with Crippen LogP contribution in [-0.2, 0) is 11.2 Å². The van der Waals surface area contributed by atoms with Gasteiger partial charge in [0, 0.05) is 23.9 Å². The number of nitrogens with zero attached hydrogens (tertiary/aromatic N) is 1. The fourth-order valence-electron chi connectivity index (χ4n) is 3.19. The van der Waals surface area contributed by atoms with E-state index in [0.717, 1.165) is 16.8 Å². The van der Waals surface area contributed by atoms with E-state index in [-0.39, 0.29) is 6.42 Å². The van der Waals surface area contributed by atoms with Crippen LogP contribution in [0.3, 0.4) is 0 Å². The zero-order chi connectivity index (χ0) is 21.5. The number of aliphatic carboxylic acids is 1. The molecule has 3 rings (SSSR count). The molecule has 1 heterocycles. The first-order valence-electron chi connectivity index (χ1n) is 9.35. The maximum absolute atomic E-state index is 11.9. The van der Waals surface area contributed by atoms with Gasteiger partial charge in [-0.15, -0.1) is 0 Å². The molecule has 1 aromatic heterocycles. The van der Waals surface area contributed by atoms with Crippen molar-refractivity contribution in [3.05, 3.63) is 66.4 Å². The van der Waals surface area contributed by atoms with Gasteiger partial charge < -0.3 is 24.6 Å². The van der Waals surface area contributed by atoms with Crippen LogP contribution in [0.2, 0.25) is 0 Å². The quantitative estimate of drug-likeness (QED) is 0.555. The molecular weight excluding hydrogens is 384 g/mol. The van der Waals surface area contributed by atoms with Crippen LogP contribution in [0.5, 0.6) is 17.2 Å². The predicted octanol–water partition coefficient (Wildman–Crippen LogP) is 3.88.